The van der Waals surface area contributed by atoms with E-state index in [0.717, 1.165) is 44.7 Å². The van der Waals surface area contributed by atoms with Gasteiger partial charge in [-0.25, -0.2) is 12.4 Å². The van der Waals surface area contributed by atoms with Crippen LogP contribution in [0.4, 0.5) is 5.69 Å². The second-order valence-corrected chi connectivity index (χ2v) is 30.2. The van der Waals surface area contributed by atoms with E-state index in [1.807, 2.05) is 37.4 Å². The largest absolute Gasteiger partial charge is 0.394 e. The Morgan fingerprint density at radius 1 is 1.02 bits per heavy atom. The quantitative estimate of drug-likeness (QED) is 0.105. The normalized spacial score (nSPS) is 17.8. The Kier molecular flexibility index (Phi) is 11.8. The lowest BCUT2D eigenvalue weighted by Crippen LogP contribution is -2.52. The van der Waals surface area contributed by atoms with Crippen molar-refractivity contribution in [3.8, 4) is 0 Å². The van der Waals surface area contributed by atoms with E-state index in [2.05, 4.69) is 92.3 Å². The summed E-state index contributed by atoms with van der Waals surface area (Å²) in [4.78, 5) is 15.6. The summed E-state index contributed by atoms with van der Waals surface area (Å²) in [5, 5.41) is 15.4. The maximum Gasteiger partial charge on any atom is 0.243 e. The molecule has 3 heterocycles. The highest BCUT2D eigenvalue weighted by atomic mass is 32.2. The summed E-state index contributed by atoms with van der Waals surface area (Å²) < 4.78 is 37.1. The molecule has 2 aromatic heterocycles. The minimum absolute atomic E-state index is 0.0435. The number of hydrogen-bond acceptors (Lipinski definition) is 6. The number of amides is 1. The molecule has 1 aliphatic rings. The Hall–Kier alpha value is -3.17. The van der Waals surface area contributed by atoms with E-state index in [0.29, 0.717) is 37.7 Å². The predicted octanol–water partition coefficient (Wildman–Crippen LogP) is 7.17. The van der Waals surface area contributed by atoms with Crippen molar-refractivity contribution >= 4 is 65.6 Å². The zero-order valence-electron chi connectivity index (χ0n) is 32.0. The number of aromatic nitrogens is 2. The number of ether oxygens (including phenoxy) is 1. The smallest absolute Gasteiger partial charge is 0.243 e. The molecule has 2 N–H and O–H groups in total. The molecule has 2 atom stereocenters. The van der Waals surface area contributed by atoms with Crippen LogP contribution in [0.25, 0.3) is 27.9 Å². The third kappa shape index (κ3) is 9.08. The Labute approximate surface area is 306 Å². The molecule has 0 spiro atoms. The highest BCUT2D eigenvalue weighted by Gasteiger charge is 2.33. The monoisotopic (exact) mass is 750 g/mol. The van der Waals surface area contributed by atoms with Gasteiger partial charge in [-0.05, 0) is 54.1 Å². The molecule has 51 heavy (non-hydrogen) atoms. The lowest BCUT2D eigenvalue weighted by molar-refractivity contribution is -0.124. The third-order valence-electron chi connectivity index (χ3n) is 9.87. The number of benzene rings is 2. The van der Waals surface area contributed by atoms with Crippen LogP contribution in [-0.4, -0.2) is 82.2 Å². The van der Waals surface area contributed by atoms with Crippen LogP contribution in [-0.2, 0) is 39.1 Å². The van der Waals surface area contributed by atoms with Crippen molar-refractivity contribution in [2.75, 3.05) is 30.9 Å². The Balaban J connectivity index is 1.57. The van der Waals surface area contributed by atoms with Crippen LogP contribution in [0.15, 0.2) is 54.9 Å². The number of hydrogen-bond donors (Lipinski definition) is 2. The minimum atomic E-state index is -3.51. The number of para-hydroxylation sites is 1. The van der Waals surface area contributed by atoms with E-state index in [1.165, 1.54) is 3.97 Å². The zero-order valence-corrected chi connectivity index (χ0v) is 34.8. The van der Waals surface area contributed by atoms with Crippen LogP contribution in [0.5, 0.6) is 0 Å². The lowest BCUT2D eigenvalue weighted by atomic mass is 9.98. The standard InChI is InChI=1S/C39H58N4O5SSi2/c1-28(2)37-39(45)40-32(26-44)23-31-24-42(27-48-19-21-50(4,5)6)38-29(17-18-35(36(31)38)41(37)3)13-12-14-30-25-43(34-16-11-10-15-33(30)34)49(46,47)20-22-51(7,8)9/h10-12,14-18,24-25,28,32,37,44H,13,19-23,26-27H2,1-9H3,(H,40,45)/b14-12+/t32-,37-/m0/s1. The number of carbonyl (C=O) groups is 1. The van der Waals surface area contributed by atoms with Crippen molar-refractivity contribution in [3.63, 3.8) is 0 Å². The SMILES string of the molecule is CC(C)[C@H]1C(=O)N[C@H](CO)Cc2cn(COCC[Si](C)(C)C)c3c(C/C=C/c4cn(S(=O)(=O)CC[Si](C)(C)C)c5ccccc45)ccc(c23)N1C. The highest BCUT2D eigenvalue weighted by molar-refractivity contribution is 7.90. The minimum Gasteiger partial charge on any atom is -0.394 e. The summed E-state index contributed by atoms with van der Waals surface area (Å²) in [6.07, 6.45) is 9.14. The van der Waals surface area contributed by atoms with Crippen LogP contribution < -0.4 is 10.2 Å². The number of aliphatic hydroxyl groups excluding tert-OH is 1. The molecule has 4 aromatic rings. The molecule has 2 aromatic carbocycles. The number of rotatable bonds is 14. The molecule has 0 radical (unpaired) electrons. The van der Waals surface area contributed by atoms with Gasteiger partial charge in [0.15, 0.2) is 0 Å². The van der Waals surface area contributed by atoms with Gasteiger partial charge >= 0.3 is 0 Å². The summed E-state index contributed by atoms with van der Waals surface area (Å²) in [6, 6.07) is 12.9. The third-order valence-corrected chi connectivity index (χ3v) is 15.3. The lowest BCUT2D eigenvalue weighted by Gasteiger charge is -2.33. The molecule has 1 aliphatic heterocycles. The zero-order chi connectivity index (χ0) is 37.3. The number of likely N-dealkylation sites (N-methyl/N-ethyl adjacent to an activating group) is 1. The molecule has 9 nitrogen and oxygen atoms in total. The molecule has 1 amide bonds. The number of nitrogens with one attached hydrogen (secondary N) is 1. The highest BCUT2D eigenvalue weighted by Crippen LogP contribution is 2.37. The van der Waals surface area contributed by atoms with Crippen molar-refractivity contribution in [2.24, 2.45) is 5.92 Å². The first-order valence-corrected chi connectivity index (χ1v) is 27.3. The van der Waals surface area contributed by atoms with Gasteiger partial charge in [0, 0.05) is 64.2 Å². The predicted molar refractivity (Wildman–Crippen MR) is 218 cm³/mol. The van der Waals surface area contributed by atoms with Gasteiger partial charge in [-0.3, -0.25) is 4.79 Å². The molecular weight excluding hydrogens is 693 g/mol. The molecular formula is C39H58N4O5SSi2. The van der Waals surface area contributed by atoms with Gasteiger partial charge in [0.1, 0.15) is 12.8 Å². The number of allylic oxidation sites excluding steroid dienone is 1. The van der Waals surface area contributed by atoms with Gasteiger partial charge in [0.25, 0.3) is 0 Å². The second-order valence-electron chi connectivity index (χ2n) is 17.0. The topological polar surface area (TPSA) is 106 Å². The maximum atomic E-state index is 13.6. The van der Waals surface area contributed by atoms with Crippen LogP contribution in [0.3, 0.4) is 0 Å². The second kappa shape index (κ2) is 15.4. The van der Waals surface area contributed by atoms with Crippen molar-refractivity contribution in [1.29, 1.82) is 0 Å². The average molecular weight is 751 g/mol. The summed E-state index contributed by atoms with van der Waals surface area (Å²) >= 11 is 0. The number of aliphatic hydroxyl groups is 1. The van der Waals surface area contributed by atoms with Gasteiger partial charge in [-0.1, -0.05) is 89.5 Å². The molecule has 0 fully saturated rings. The number of anilines is 1. The maximum absolute atomic E-state index is 13.6. The first-order valence-electron chi connectivity index (χ1n) is 18.3. The summed E-state index contributed by atoms with van der Waals surface area (Å²) in [6.45, 7) is 18.7. The Morgan fingerprint density at radius 2 is 1.73 bits per heavy atom. The molecule has 0 bridgehead atoms. The fourth-order valence-corrected chi connectivity index (χ4v) is 12.2. The van der Waals surface area contributed by atoms with E-state index in [9.17, 15) is 18.3 Å². The van der Waals surface area contributed by atoms with Crippen LogP contribution in [0.2, 0.25) is 51.4 Å². The molecule has 12 heteroatoms. The van der Waals surface area contributed by atoms with Gasteiger partial charge in [0.05, 0.1) is 29.4 Å². The molecule has 0 saturated heterocycles. The molecule has 5 rings (SSSR count). The van der Waals surface area contributed by atoms with Crippen molar-refractivity contribution in [3.05, 3.63) is 71.6 Å². The Morgan fingerprint density at radius 3 is 2.39 bits per heavy atom. The molecule has 278 valence electrons. The van der Waals surface area contributed by atoms with Gasteiger partial charge in [-0.2, -0.15) is 0 Å². The summed E-state index contributed by atoms with van der Waals surface area (Å²) in [5.41, 5.74) is 5.75. The summed E-state index contributed by atoms with van der Waals surface area (Å²) in [7, 11) is -4.36. The molecule has 0 aliphatic carbocycles. The Bertz CT molecular complexity index is 2000. The van der Waals surface area contributed by atoms with Crippen molar-refractivity contribution < 1.29 is 23.1 Å². The first kappa shape index (κ1) is 39.1. The van der Waals surface area contributed by atoms with Crippen LogP contribution in [0.1, 0.15) is 30.5 Å². The molecule has 0 saturated carbocycles. The van der Waals surface area contributed by atoms with Crippen molar-refractivity contribution in [2.45, 2.75) is 96.9 Å². The van der Waals surface area contributed by atoms with Gasteiger partial charge in [0.2, 0.25) is 15.9 Å². The fourth-order valence-electron chi connectivity index (χ4n) is 7.02. The van der Waals surface area contributed by atoms with E-state index < -0.39 is 38.3 Å². The summed E-state index contributed by atoms with van der Waals surface area (Å²) in [5.74, 6) is 0.0987. The van der Waals surface area contributed by atoms with Crippen LogP contribution in [0, 0.1) is 5.92 Å². The van der Waals surface area contributed by atoms with E-state index in [4.69, 9.17) is 4.74 Å². The van der Waals surface area contributed by atoms with E-state index >= 15 is 0 Å². The van der Waals surface area contributed by atoms with Gasteiger partial charge in [-0.15, -0.1) is 0 Å². The van der Waals surface area contributed by atoms with E-state index in [1.54, 1.807) is 6.20 Å². The average Bonchev–Trinajstić information content (AvgIpc) is 3.61. The van der Waals surface area contributed by atoms with Gasteiger partial charge < -0.3 is 24.6 Å². The number of nitrogens with zero attached hydrogens (tertiary/aromatic N) is 3. The number of carbonyl (C=O) groups excluding carboxylic acids is 1. The van der Waals surface area contributed by atoms with Crippen LogP contribution >= 0.6 is 0 Å². The fraction of sp³-hybridized carbons (Fsp3) is 0.513. The number of fused-ring (bicyclic) bond motifs is 1. The van der Waals surface area contributed by atoms with Crippen molar-refractivity contribution in [1.82, 2.24) is 13.9 Å². The first-order chi connectivity index (χ1) is 23.9. The molecule has 0 unspecified atom stereocenters. The van der Waals surface area contributed by atoms with E-state index in [-0.39, 0.29) is 24.2 Å².